The van der Waals surface area contributed by atoms with E-state index in [1.807, 2.05) is 6.07 Å². The summed E-state index contributed by atoms with van der Waals surface area (Å²) in [6.07, 6.45) is 5.15. The molecule has 6 nitrogen and oxygen atoms in total. The van der Waals surface area contributed by atoms with E-state index in [1.54, 1.807) is 12.1 Å². The van der Waals surface area contributed by atoms with Gasteiger partial charge in [0.25, 0.3) is 5.69 Å². The van der Waals surface area contributed by atoms with E-state index < -0.39 is 0 Å². The lowest BCUT2D eigenvalue weighted by molar-refractivity contribution is -0.383. The van der Waals surface area contributed by atoms with Crippen LogP contribution in [-0.4, -0.2) is 42.0 Å². The zero-order valence-corrected chi connectivity index (χ0v) is 14.3. The Kier molecular flexibility index (Phi) is 4.94. The van der Waals surface area contributed by atoms with Gasteiger partial charge in [0, 0.05) is 18.3 Å². The van der Waals surface area contributed by atoms with Gasteiger partial charge in [-0.1, -0.05) is 6.07 Å². The van der Waals surface area contributed by atoms with Crippen molar-refractivity contribution in [1.29, 1.82) is 0 Å². The van der Waals surface area contributed by atoms with Gasteiger partial charge < -0.3 is 10.2 Å². The predicted octanol–water partition coefficient (Wildman–Crippen LogP) is 3.39. The summed E-state index contributed by atoms with van der Waals surface area (Å²) >= 11 is 0. The van der Waals surface area contributed by atoms with Gasteiger partial charge in [0.05, 0.1) is 16.1 Å². The monoisotopic (exact) mass is 328 g/mol. The van der Waals surface area contributed by atoms with Crippen molar-refractivity contribution in [1.82, 2.24) is 9.88 Å². The Labute approximate surface area is 142 Å². The number of pyridine rings is 1. The van der Waals surface area contributed by atoms with Crippen LogP contribution in [0.5, 0.6) is 0 Å². The van der Waals surface area contributed by atoms with Gasteiger partial charge in [-0.15, -0.1) is 0 Å². The highest BCUT2D eigenvalue weighted by Crippen LogP contribution is 2.37. The summed E-state index contributed by atoms with van der Waals surface area (Å²) in [4.78, 5) is 18.1. The van der Waals surface area contributed by atoms with Gasteiger partial charge in [0.1, 0.15) is 5.39 Å². The summed E-state index contributed by atoms with van der Waals surface area (Å²) < 4.78 is 0. The molecule has 1 aliphatic carbocycles. The van der Waals surface area contributed by atoms with E-state index in [0.29, 0.717) is 5.39 Å². The van der Waals surface area contributed by atoms with E-state index >= 15 is 0 Å². The highest BCUT2D eigenvalue weighted by Gasteiger charge is 2.23. The van der Waals surface area contributed by atoms with Crippen molar-refractivity contribution in [2.45, 2.75) is 32.1 Å². The molecule has 0 fully saturated rings. The van der Waals surface area contributed by atoms with Crippen LogP contribution in [0.4, 0.5) is 11.4 Å². The quantitative estimate of drug-likeness (QED) is 0.500. The summed E-state index contributed by atoms with van der Waals surface area (Å²) in [5.41, 5.74) is 4.07. The molecule has 1 aromatic carbocycles. The van der Waals surface area contributed by atoms with Crippen LogP contribution in [0.3, 0.4) is 0 Å². The van der Waals surface area contributed by atoms with E-state index in [2.05, 4.69) is 24.3 Å². The lowest BCUT2D eigenvalue weighted by Gasteiger charge is -2.22. The van der Waals surface area contributed by atoms with Crippen LogP contribution in [-0.2, 0) is 12.8 Å². The normalized spacial score (nSPS) is 14.0. The number of nitrogens with one attached hydrogen (secondary N) is 1. The lowest BCUT2D eigenvalue weighted by Crippen LogP contribution is -2.18. The first-order valence-corrected chi connectivity index (χ1v) is 8.55. The molecular weight excluding hydrogens is 304 g/mol. The molecule has 0 aliphatic heterocycles. The molecule has 0 saturated heterocycles. The maximum Gasteiger partial charge on any atom is 0.280 e. The molecule has 2 aromatic rings. The average molecular weight is 328 g/mol. The Balaban J connectivity index is 2.06. The van der Waals surface area contributed by atoms with Gasteiger partial charge in [-0.25, -0.2) is 0 Å². The minimum Gasteiger partial charge on any atom is -0.384 e. The van der Waals surface area contributed by atoms with E-state index in [-0.39, 0.29) is 10.6 Å². The SMILES string of the molecule is CN(C)CCCNc1c2c(nc3cccc([N+](=O)[O-])c13)CCCC2. The number of aromatic nitrogens is 1. The first kappa shape index (κ1) is 16.6. The predicted molar refractivity (Wildman–Crippen MR) is 96.7 cm³/mol. The fourth-order valence-corrected chi connectivity index (χ4v) is 3.41. The summed E-state index contributed by atoms with van der Waals surface area (Å²) in [7, 11) is 4.10. The molecule has 1 aliphatic rings. The summed E-state index contributed by atoms with van der Waals surface area (Å²) in [5.74, 6) is 0. The molecule has 3 rings (SSSR count). The molecule has 0 saturated carbocycles. The molecule has 128 valence electrons. The third-order valence-corrected chi connectivity index (χ3v) is 4.55. The van der Waals surface area contributed by atoms with Crippen LogP contribution in [0, 0.1) is 10.1 Å². The topological polar surface area (TPSA) is 71.3 Å². The molecule has 6 heteroatoms. The van der Waals surface area contributed by atoms with Crippen LogP contribution < -0.4 is 5.32 Å². The standard InChI is InChI=1S/C18H24N4O2/c1-21(2)12-6-11-19-18-13-7-3-4-8-14(13)20-15-9-5-10-16(17(15)18)22(23)24/h5,9-10H,3-4,6-8,11-12H2,1-2H3,(H,19,20). The number of benzene rings is 1. The molecular formula is C18H24N4O2. The highest BCUT2D eigenvalue weighted by molar-refractivity contribution is 6.00. The highest BCUT2D eigenvalue weighted by atomic mass is 16.6. The molecule has 0 atom stereocenters. The number of fused-ring (bicyclic) bond motifs is 2. The Morgan fingerprint density at radius 2 is 2.08 bits per heavy atom. The smallest absolute Gasteiger partial charge is 0.280 e. The zero-order chi connectivity index (χ0) is 17.1. The van der Waals surface area contributed by atoms with E-state index in [4.69, 9.17) is 4.98 Å². The molecule has 24 heavy (non-hydrogen) atoms. The van der Waals surface area contributed by atoms with Crippen molar-refractivity contribution in [3.8, 4) is 0 Å². The van der Waals surface area contributed by atoms with Crippen LogP contribution in [0.25, 0.3) is 10.9 Å². The number of nitrogens with zero attached hydrogens (tertiary/aromatic N) is 3. The van der Waals surface area contributed by atoms with Gasteiger partial charge in [-0.05, 0) is 64.4 Å². The number of aryl methyl sites for hydroxylation is 1. The van der Waals surface area contributed by atoms with Crippen LogP contribution >= 0.6 is 0 Å². The number of rotatable bonds is 6. The van der Waals surface area contributed by atoms with E-state index in [9.17, 15) is 10.1 Å². The number of hydrogen-bond donors (Lipinski definition) is 1. The Morgan fingerprint density at radius 1 is 1.29 bits per heavy atom. The summed E-state index contributed by atoms with van der Waals surface area (Å²) in [5, 5.41) is 15.7. The Hall–Kier alpha value is -2.21. The second kappa shape index (κ2) is 7.13. The minimum absolute atomic E-state index is 0.142. The largest absolute Gasteiger partial charge is 0.384 e. The number of nitro benzene ring substituents is 1. The number of nitro groups is 1. The molecule has 0 unspecified atom stereocenters. The Bertz CT molecular complexity index is 758. The molecule has 0 radical (unpaired) electrons. The van der Waals surface area contributed by atoms with Crippen LogP contribution in [0.15, 0.2) is 18.2 Å². The lowest BCUT2D eigenvalue weighted by atomic mass is 9.92. The van der Waals surface area contributed by atoms with Crippen molar-refractivity contribution < 1.29 is 4.92 Å². The van der Waals surface area contributed by atoms with Gasteiger partial charge in [-0.2, -0.15) is 0 Å². The summed E-state index contributed by atoms with van der Waals surface area (Å²) in [6, 6.07) is 5.17. The Morgan fingerprint density at radius 3 is 2.83 bits per heavy atom. The third kappa shape index (κ3) is 3.33. The second-order valence-corrected chi connectivity index (χ2v) is 6.63. The van der Waals surface area contributed by atoms with Gasteiger partial charge >= 0.3 is 0 Å². The fraction of sp³-hybridized carbons (Fsp3) is 0.500. The maximum absolute atomic E-state index is 11.5. The molecule has 0 amide bonds. The first-order valence-electron chi connectivity index (χ1n) is 8.55. The second-order valence-electron chi connectivity index (χ2n) is 6.63. The number of anilines is 1. The van der Waals surface area contributed by atoms with Crippen molar-refractivity contribution in [2.75, 3.05) is 32.5 Å². The minimum atomic E-state index is -0.301. The molecule has 0 spiro atoms. The number of hydrogen-bond acceptors (Lipinski definition) is 5. The maximum atomic E-state index is 11.5. The van der Waals surface area contributed by atoms with Crippen molar-refractivity contribution in [3.63, 3.8) is 0 Å². The van der Waals surface area contributed by atoms with Crippen molar-refractivity contribution in [2.24, 2.45) is 0 Å². The summed E-state index contributed by atoms with van der Waals surface area (Å²) in [6.45, 7) is 1.79. The van der Waals surface area contributed by atoms with Crippen LogP contribution in [0.2, 0.25) is 0 Å². The number of non-ortho nitro benzene ring substituents is 1. The molecule has 1 N–H and O–H groups in total. The van der Waals surface area contributed by atoms with Crippen molar-refractivity contribution in [3.05, 3.63) is 39.6 Å². The van der Waals surface area contributed by atoms with Gasteiger partial charge in [-0.3, -0.25) is 15.1 Å². The van der Waals surface area contributed by atoms with E-state index in [1.165, 1.54) is 5.56 Å². The van der Waals surface area contributed by atoms with E-state index in [0.717, 1.165) is 62.1 Å². The van der Waals surface area contributed by atoms with Crippen molar-refractivity contribution >= 4 is 22.3 Å². The first-order chi connectivity index (χ1) is 11.6. The average Bonchev–Trinajstić information content (AvgIpc) is 2.56. The molecule has 1 aromatic heterocycles. The zero-order valence-electron chi connectivity index (χ0n) is 14.3. The molecule has 0 bridgehead atoms. The van der Waals surface area contributed by atoms with Gasteiger partial charge in [0.15, 0.2) is 0 Å². The fourth-order valence-electron chi connectivity index (χ4n) is 3.41. The van der Waals surface area contributed by atoms with Gasteiger partial charge in [0.2, 0.25) is 0 Å². The van der Waals surface area contributed by atoms with Crippen LogP contribution in [0.1, 0.15) is 30.5 Å². The third-order valence-electron chi connectivity index (χ3n) is 4.55. The molecule has 1 heterocycles.